The van der Waals surface area contributed by atoms with Gasteiger partial charge >= 0.3 is 0 Å². The minimum Gasteiger partial charge on any atom is -0.304 e. The number of sulfonamides is 1. The molecular formula is C21H20F2N4O3S2. The highest BCUT2D eigenvalue weighted by Gasteiger charge is 2.28. The Kier molecular flexibility index (Phi) is 6.33. The molecule has 2 aromatic carbocycles. The first kappa shape index (κ1) is 22.5. The maximum Gasteiger partial charge on any atom is 0.257 e. The van der Waals surface area contributed by atoms with Crippen molar-refractivity contribution in [2.45, 2.75) is 4.90 Å². The van der Waals surface area contributed by atoms with E-state index >= 15 is 0 Å². The Labute approximate surface area is 188 Å². The molecule has 0 saturated carbocycles. The van der Waals surface area contributed by atoms with Crippen LogP contribution in [-0.4, -0.2) is 61.7 Å². The molecule has 11 heteroatoms. The van der Waals surface area contributed by atoms with Crippen molar-refractivity contribution in [2.24, 2.45) is 0 Å². The van der Waals surface area contributed by atoms with Gasteiger partial charge in [0.25, 0.3) is 5.91 Å². The highest BCUT2D eigenvalue weighted by atomic mass is 32.2. The van der Waals surface area contributed by atoms with E-state index in [1.54, 1.807) is 5.38 Å². The van der Waals surface area contributed by atoms with E-state index in [2.05, 4.69) is 15.2 Å². The van der Waals surface area contributed by atoms with Crippen LogP contribution in [0.2, 0.25) is 0 Å². The predicted molar refractivity (Wildman–Crippen MR) is 118 cm³/mol. The number of piperazine rings is 1. The molecule has 32 heavy (non-hydrogen) atoms. The number of nitrogens with zero attached hydrogens (tertiary/aromatic N) is 3. The van der Waals surface area contributed by atoms with Gasteiger partial charge in [-0.2, -0.15) is 4.31 Å². The second kappa shape index (κ2) is 9.02. The van der Waals surface area contributed by atoms with Crippen LogP contribution in [0.5, 0.6) is 0 Å². The second-order valence-corrected chi connectivity index (χ2v) is 10.2. The lowest BCUT2D eigenvalue weighted by atomic mass is 10.2. The van der Waals surface area contributed by atoms with E-state index in [9.17, 15) is 22.0 Å². The van der Waals surface area contributed by atoms with Crippen molar-refractivity contribution < 1.29 is 22.0 Å². The average molecular weight is 479 g/mol. The van der Waals surface area contributed by atoms with Gasteiger partial charge in [0.1, 0.15) is 0 Å². The summed E-state index contributed by atoms with van der Waals surface area (Å²) in [5.74, 6) is -2.46. The molecule has 0 atom stereocenters. The van der Waals surface area contributed by atoms with E-state index in [1.807, 2.05) is 7.05 Å². The third-order valence-electron chi connectivity index (χ3n) is 5.14. The average Bonchev–Trinajstić information content (AvgIpc) is 3.24. The number of anilines is 1. The second-order valence-electron chi connectivity index (χ2n) is 7.36. The van der Waals surface area contributed by atoms with E-state index < -0.39 is 27.6 Å². The Morgan fingerprint density at radius 2 is 1.81 bits per heavy atom. The zero-order chi connectivity index (χ0) is 22.9. The highest BCUT2D eigenvalue weighted by molar-refractivity contribution is 7.89. The molecule has 0 unspecified atom stereocenters. The van der Waals surface area contributed by atoms with Crippen LogP contribution in [0.4, 0.5) is 13.9 Å². The van der Waals surface area contributed by atoms with Crippen LogP contribution in [0.1, 0.15) is 10.4 Å². The van der Waals surface area contributed by atoms with Crippen molar-refractivity contribution in [1.82, 2.24) is 14.2 Å². The SMILES string of the molecule is CN1CCN(S(=O)(=O)c2cccc(C(=O)Nc3nc(-c4ccc(F)c(F)c4)cs3)c2)CC1. The number of likely N-dealkylation sites (N-methyl/N-ethyl adjacent to an activating group) is 1. The molecule has 2 heterocycles. The number of halogens is 2. The van der Waals surface area contributed by atoms with E-state index in [0.29, 0.717) is 37.4 Å². The van der Waals surface area contributed by atoms with Gasteiger partial charge in [-0.1, -0.05) is 6.07 Å². The zero-order valence-corrected chi connectivity index (χ0v) is 18.7. The van der Waals surface area contributed by atoms with E-state index in [1.165, 1.54) is 34.6 Å². The Bertz CT molecular complexity index is 1260. The lowest BCUT2D eigenvalue weighted by Crippen LogP contribution is -2.47. The number of benzene rings is 2. The summed E-state index contributed by atoms with van der Waals surface area (Å²) >= 11 is 1.12. The number of thiazole rings is 1. The molecule has 0 bridgehead atoms. The Morgan fingerprint density at radius 3 is 2.53 bits per heavy atom. The minimum absolute atomic E-state index is 0.0521. The molecule has 0 spiro atoms. The molecule has 1 saturated heterocycles. The minimum atomic E-state index is -3.71. The molecule has 1 fully saturated rings. The number of carbonyl (C=O) groups is 1. The third kappa shape index (κ3) is 4.70. The van der Waals surface area contributed by atoms with E-state index in [0.717, 1.165) is 23.5 Å². The van der Waals surface area contributed by atoms with Crippen LogP contribution in [-0.2, 0) is 10.0 Å². The van der Waals surface area contributed by atoms with Crippen molar-refractivity contribution in [3.05, 3.63) is 65.0 Å². The Balaban J connectivity index is 1.50. The van der Waals surface area contributed by atoms with Crippen molar-refractivity contribution in [2.75, 3.05) is 38.5 Å². The van der Waals surface area contributed by atoms with Gasteiger partial charge in [0, 0.05) is 42.7 Å². The fourth-order valence-corrected chi connectivity index (χ4v) is 5.45. The molecule has 1 N–H and O–H groups in total. The lowest BCUT2D eigenvalue weighted by molar-refractivity contribution is 0.102. The number of hydrogen-bond donors (Lipinski definition) is 1. The number of rotatable bonds is 5. The van der Waals surface area contributed by atoms with Crippen LogP contribution in [0.25, 0.3) is 11.3 Å². The normalized spacial score (nSPS) is 15.6. The van der Waals surface area contributed by atoms with Crippen LogP contribution in [0.3, 0.4) is 0 Å². The molecule has 0 radical (unpaired) electrons. The molecule has 3 aromatic rings. The van der Waals surface area contributed by atoms with Gasteiger partial charge in [0.15, 0.2) is 16.8 Å². The van der Waals surface area contributed by atoms with E-state index in [-0.39, 0.29) is 15.6 Å². The maximum atomic E-state index is 13.5. The summed E-state index contributed by atoms with van der Waals surface area (Å²) in [6, 6.07) is 9.28. The van der Waals surface area contributed by atoms with Crippen molar-refractivity contribution >= 4 is 32.4 Å². The quantitative estimate of drug-likeness (QED) is 0.609. The first-order valence-electron chi connectivity index (χ1n) is 9.75. The van der Waals surface area contributed by atoms with Gasteiger partial charge in [0.05, 0.1) is 10.6 Å². The molecule has 1 amide bonds. The van der Waals surface area contributed by atoms with Crippen LogP contribution in [0.15, 0.2) is 52.7 Å². The standard InChI is InChI=1S/C21H20F2N4O3S2/c1-26-7-9-27(10-8-26)32(29,30)16-4-2-3-15(11-16)20(28)25-21-24-19(13-31-21)14-5-6-17(22)18(23)12-14/h2-6,11-13H,7-10H2,1H3,(H,24,25,28). The monoisotopic (exact) mass is 478 g/mol. The number of amides is 1. The van der Waals surface area contributed by atoms with Crippen LogP contribution >= 0.6 is 11.3 Å². The number of aromatic nitrogens is 1. The first-order valence-corrected chi connectivity index (χ1v) is 12.1. The lowest BCUT2D eigenvalue weighted by Gasteiger charge is -2.31. The van der Waals surface area contributed by atoms with Crippen molar-refractivity contribution in [3.63, 3.8) is 0 Å². The van der Waals surface area contributed by atoms with Crippen molar-refractivity contribution in [3.8, 4) is 11.3 Å². The zero-order valence-electron chi connectivity index (χ0n) is 17.1. The summed E-state index contributed by atoms with van der Waals surface area (Å²) in [6.07, 6.45) is 0. The molecule has 1 aliphatic heterocycles. The summed E-state index contributed by atoms with van der Waals surface area (Å²) in [6.45, 7) is 2.07. The highest BCUT2D eigenvalue weighted by Crippen LogP contribution is 2.27. The summed E-state index contributed by atoms with van der Waals surface area (Å²) in [5, 5.41) is 4.48. The van der Waals surface area contributed by atoms with Gasteiger partial charge in [-0.3, -0.25) is 10.1 Å². The van der Waals surface area contributed by atoms with E-state index in [4.69, 9.17) is 0 Å². The van der Waals surface area contributed by atoms with Gasteiger partial charge in [0.2, 0.25) is 10.0 Å². The van der Waals surface area contributed by atoms with Gasteiger partial charge < -0.3 is 4.90 Å². The summed E-state index contributed by atoms with van der Waals surface area (Å²) in [4.78, 5) is 19.0. The fraction of sp³-hybridized carbons (Fsp3) is 0.238. The molecule has 4 rings (SSSR count). The van der Waals surface area contributed by atoms with Crippen LogP contribution < -0.4 is 5.32 Å². The van der Waals surface area contributed by atoms with Gasteiger partial charge in [-0.15, -0.1) is 11.3 Å². The Hall–Kier alpha value is -2.73. The molecular weight excluding hydrogens is 458 g/mol. The topological polar surface area (TPSA) is 82.6 Å². The largest absolute Gasteiger partial charge is 0.304 e. The smallest absolute Gasteiger partial charge is 0.257 e. The first-order chi connectivity index (χ1) is 15.2. The van der Waals surface area contributed by atoms with Gasteiger partial charge in [-0.05, 0) is 43.4 Å². The molecule has 168 valence electrons. The van der Waals surface area contributed by atoms with Crippen LogP contribution in [0, 0.1) is 11.6 Å². The number of nitrogens with one attached hydrogen (secondary N) is 1. The maximum absolute atomic E-state index is 13.5. The predicted octanol–water partition coefficient (Wildman–Crippen LogP) is 3.28. The number of hydrogen-bond acceptors (Lipinski definition) is 6. The molecule has 0 aliphatic carbocycles. The van der Waals surface area contributed by atoms with Gasteiger partial charge in [-0.25, -0.2) is 22.2 Å². The molecule has 1 aliphatic rings. The summed E-state index contributed by atoms with van der Waals surface area (Å²) < 4.78 is 53.9. The van der Waals surface area contributed by atoms with Crippen molar-refractivity contribution in [1.29, 1.82) is 0 Å². The molecule has 7 nitrogen and oxygen atoms in total. The number of carbonyl (C=O) groups excluding carboxylic acids is 1. The summed E-state index contributed by atoms with van der Waals surface area (Å²) in [7, 11) is -1.77. The Morgan fingerprint density at radius 1 is 1.06 bits per heavy atom. The third-order valence-corrected chi connectivity index (χ3v) is 7.79. The fourth-order valence-electron chi connectivity index (χ4n) is 3.26. The molecule has 1 aromatic heterocycles. The summed E-state index contributed by atoms with van der Waals surface area (Å²) in [5.41, 5.74) is 0.932.